The van der Waals surface area contributed by atoms with Crippen molar-refractivity contribution in [2.24, 2.45) is 11.8 Å². The van der Waals surface area contributed by atoms with Crippen LogP contribution in [0.5, 0.6) is 0 Å². The van der Waals surface area contributed by atoms with E-state index in [0.29, 0.717) is 0 Å². The van der Waals surface area contributed by atoms with E-state index in [-0.39, 0.29) is 11.5 Å². The fourth-order valence-corrected chi connectivity index (χ4v) is 3.75. The number of likely N-dealkylation sites (tertiary alicyclic amines) is 1. The van der Waals surface area contributed by atoms with Crippen LogP contribution in [0.15, 0.2) is 18.2 Å². The van der Waals surface area contributed by atoms with E-state index >= 15 is 0 Å². The first-order valence-electron chi connectivity index (χ1n) is 7.48. The maximum atomic E-state index is 13.5. The van der Waals surface area contributed by atoms with E-state index in [4.69, 9.17) is 5.73 Å². The lowest BCUT2D eigenvalue weighted by Crippen LogP contribution is -2.41. The summed E-state index contributed by atoms with van der Waals surface area (Å²) < 4.78 is 13.5. The van der Waals surface area contributed by atoms with Crippen LogP contribution >= 0.6 is 0 Å². The van der Waals surface area contributed by atoms with Gasteiger partial charge in [0, 0.05) is 13.1 Å². The van der Waals surface area contributed by atoms with Gasteiger partial charge in [-0.25, -0.2) is 4.39 Å². The third kappa shape index (κ3) is 2.92. The molecule has 2 aliphatic rings. The number of hydrogen-bond donors (Lipinski definition) is 1. The fourth-order valence-electron chi connectivity index (χ4n) is 3.75. The van der Waals surface area contributed by atoms with Gasteiger partial charge in [0.05, 0.1) is 5.69 Å². The van der Waals surface area contributed by atoms with Gasteiger partial charge in [-0.1, -0.05) is 25.3 Å². The van der Waals surface area contributed by atoms with Crippen LogP contribution in [0, 0.1) is 17.7 Å². The highest BCUT2D eigenvalue weighted by Gasteiger charge is 2.30. The topological polar surface area (TPSA) is 29.3 Å². The summed E-state index contributed by atoms with van der Waals surface area (Å²) in [6.45, 7) is 3.21. The van der Waals surface area contributed by atoms with Crippen molar-refractivity contribution in [2.45, 2.75) is 38.6 Å². The number of nitrogens with two attached hydrogens (primary N) is 1. The number of anilines is 1. The van der Waals surface area contributed by atoms with E-state index in [1.165, 1.54) is 38.6 Å². The van der Waals surface area contributed by atoms with Gasteiger partial charge >= 0.3 is 0 Å². The average Bonchev–Trinajstić information content (AvgIpc) is 2.43. The molecule has 19 heavy (non-hydrogen) atoms. The third-order valence-electron chi connectivity index (χ3n) is 4.85. The molecule has 0 amide bonds. The summed E-state index contributed by atoms with van der Waals surface area (Å²) >= 11 is 0. The van der Waals surface area contributed by atoms with Crippen LogP contribution in [0.2, 0.25) is 0 Å². The highest BCUT2D eigenvalue weighted by Crippen LogP contribution is 2.36. The Kier molecular flexibility index (Phi) is 3.74. The van der Waals surface area contributed by atoms with Crippen LogP contribution in [0.25, 0.3) is 0 Å². The lowest BCUT2D eigenvalue weighted by Gasteiger charge is -2.41. The molecule has 0 spiro atoms. The number of nitrogen functional groups attached to an aromatic ring is 1. The minimum atomic E-state index is -0.287. The molecule has 3 rings (SSSR count). The van der Waals surface area contributed by atoms with E-state index in [1.54, 1.807) is 12.1 Å². The second-order valence-corrected chi connectivity index (χ2v) is 6.18. The van der Waals surface area contributed by atoms with Crippen molar-refractivity contribution in [3.05, 3.63) is 29.6 Å². The van der Waals surface area contributed by atoms with Gasteiger partial charge in [-0.3, -0.25) is 4.90 Å². The van der Waals surface area contributed by atoms with Gasteiger partial charge in [0.1, 0.15) is 5.82 Å². The maximum absolute atomic E-state index is 13.5. The molecule has 0 aromatic heterocycles. The number of nitrogens with zero attached hydrogens (tertiary/aromatic N) is 1. The second kappa shape index (κ2) is 5.49. The first-order chi connectivity index (χ1) is 9.22. The number of piperidine rings is 1. The molecule has 1 saturated carbocycles. The van der Waals surface area contributed by atoms with Crippen molar-refractivity contribution in [2.75, 3.05) is 18.8 Å². The third-order valence-corrected chi connectivity index (χ3v) is 4.85. The van der Waals surface area contributed by atoms with E-state index in [0.717, 1.165) is 30.5 Å². The molecular weight excluding hydrogens is 239 g/mol. The Labute approximate surface area is 114 Å². The molecule has 2 unspecified atom stereocenters. The largest absolute Gasteiger partial charge is 0.396 e. The Morgan fingerprint density at radius 1 is 1.16 bits per heavy atom. The van der Waals surface area contributed by atoms with Crippen LogP contribution in [0.3, 0.4) is 0 Å². The van der Waals surface area contributed by atoms with Gasteiger partial charge in [0.15, 0.2) is 0 Å². The van der Waals surface area contributed by atoms with Crippen molar-refractivity contribution >= 4 is 5.69 Å². The SMILES string of the molecule is Nc1ccc(CN2CCC3CCCCC3C2)cc1F. The molecule has 1 heterocycles. The highest BCUT2D eigenvalue weighted by molar-refractivity contribution is 5.41. The second-order valence-electron chi connectivity index (χ2n) is 6.18. The normalized spacial score (nSPS) is 28.1. The molecule has 3 heteroatoms. The minimum Gasteiger partial charge on any atom is -0.396 e. The number of hydrogen-bond acceptors (Lipinski definition) is 2. The number of halogens is 1. The molecule has 1 aliphatic carbocycles. The zero-order valence-corrected chi connectivity index (χ0v) is 11.4. The molecule has 104 valence electrons. The Bertz CT molecular complexity index is 446. The van der Waals surface area contributed by atoms with Gasteiger partial charge in [-0.2, -0.15) is 0 Å². The lowest BCUT2D eigenvalue weighted by atomic mass is 9.75. The van der Waals surface area contributed by atoms with Crippen molar-refractivity contribution in [3.63, 3.8) is 0 Å². The van der Waals surface area contributed by atoms with E-state index in [2.05, 4.69) is 4.90 Å². The number of fused-ring (bicyclic) bond motifs is 1. The van der Waals surface area contributed by atoms with Crippen LogP contribution in [-0.2, 0) is 6.54 Å². The average molecular weight is 262 g/mol. The van der Waals surface area contributed by atoms with E-state index < -0.39 is 0 Å². The molecule has 1 saturated heterocycles. The minimum absolute atomic E-state index is 0.245. The van der Waals surface area contributed by atoms with Crippen molar-refractivity contribution < 1.29 is 4.39 Å². The number of benzene rings is 1. The fraction of sp³-hybridized carbons (Fsp3) is 0.625. The monoisotopic (exact) mass is 262 g/mol. The molecule has 2 nitrogen and oxygen atoms in total. The van der Waals surface area contributed by atoms with Gasteiger partial charge in [0.2, 0.25) is 0 Å². The Morgan fingerprint density at radius 3 is 2.74 bits per heavy atom. The van der Waals surface area contributed by atoms with Crippen molar-refractivity contribution in [1.29, 1.82) is 0 Å². The van der Waals surface area contributed by atoms with Crippen molar-refractivity contribution in [3.8, 4) is 0 Å². The first kappa shape index (κ1) is 12.9. The van der Waals surface area contributed by atoms with Gasteiger partial charge in [0.25, 0.3) is 0 Å². The van der Waals surface area contributed by atoms with Crippen molar-refractivity contribution in [1.82, 2.24) is 4.90 Å². The van der Waals surface area contributed by atoms with Gasteiger partial charge < -0.3 is 5.73 Å². The van der Waals surface area contributed by atoms with Crippen LogP contribution in [-0.4, -0.2) is 18.0 Å². The summed E-state index contributed by atoms with van der Waals surface area (Å²) in [5.41, 5.74) is 6.81. The zero-order valence-electron chi connectivity index (χ0n) is 11.4. The Morgan fingerprint density at radius 2 is 1.95 bits per heavy atom. The highest BCUT2D eigenvalue weighted by atomic mass is 19.1. The van der Waals surface area contributed by atoms with Crippen LogP contribution in [0.4, 0.5) is 10.1 Å². The predicted octanol–water partition coefficient (Wildman–Crippen LogP) is 3.42. The van der Waals surface area contributed by atoms with E-state index in [1.807, 2.05) is 6.07 Å². The quantitative estimate of drug-likeness (QED) is 0.827. The molecule has 0 bridgehead atoms. The molecule has 1 aliphatic heterocycles. The zero-order chi connectivity index (χ0) is 13.2. The Hall–Kier alpha value is -1.09. The van der Waals surface area contributed by atoms with E-state index in [9.17, 15) is 4.39 Å². The molecule has 2 fully saturated rings. The first-order valence-corrected chi connectivity index (χ1v) is 7.48. The molecule has 1 aromatic rings. The smallest absolute Gasteiger partial charge is 0.146 e. The lowest BCUT2D eigenvalue weighted by molar-refractivity contribution is 0.0820. The summed E-state index contributed by atoms with van der Waals surface area (Å²) in [5, 5.41) is 0. The summed E-state index contributed by atoms with van der Waals surface area (Å²) in [5.74, 6) is 1.54. The molecule has 0 radical (unpaired) electrons. The van der Waals surface area contributed by atoms with Crippen LogP contribution < -0.4 is 5.73 Å². The van der Waals surface area contributed by atoms with Gasteiger partial charge in [-0.05, 0) is 48.9 Å². The summed E-state index contributed by atoms with van der Waals surface area (Å²) in [4.78, 5) is 2.48. The molecule has 2 atom stereocenters. The predicted molar refractivity (Wildman–Crippen MR) is 76.2 cm³/mol. The summed E-state index contributed by atoms with van der Waals surface area (Å²) in [7, 11) is 0. The number of rotatable bonds is 2. The maximum Gasteiger partial charge on any atom is 0.146 e. The summed E-state index contributed by atoms with van der Waals surface area (Å²) in [6, 6.07) is 5.21. The Balaban J connectivity index is 1.62. The molecule has 2 N–H and O–H groups in total. The standard InChI is InChI=1S/C16H23FN2/c17-15-9-12(5-6-16(15)18)10-19-8-7-13-3-1-2-4-14(13)11-19/h5-6,9,13-14H,1-4,7-8,10-11,18H2. The molecular formula is C16H23FN2. The summed E-state index contributed by atoms with van der Waals surface area (Å²) in [6.07, 6.45) is 6.95. The van der Waals surface area contributed by atoms with Crippen LogP contribution in [0.1, 0.15) is 37.7 Å². The molecule has 1 aromatic carbocycles. The van der Waals surface area contributed by atoms with Gasteiger partial charge in [-0.15, -0.1) is 0 Å².